The van der Waals surface area contributed by atoms with Crippen molar-refractivity contribution in [3.63, 3.8) is 0 Å². The first-order valence-electron chi connectivity index (χ1n) is 5.65. The highest BCUT2D eigenvalue weighted by molar-refractivity contribution is 8.00. The molecule has 1 atom stereocenters. The minimum Gasteiger partial charge on any atom is -0.465 e. The molecule has 5 nitrogen and oxygen atoms in total. The second kappa shape index (κ2) is 6.64. The van der Waals surface area contributed by atoms with Crippen molar-refractivity contribution in [3.8, 4) is 0 Å². The van der Waals surface area contributed by atoms with Gasteiger partial charge < -0.3 is 9.26 Å². The third-order valence-corrected chi connectivity index (χ3v) is 3.18. The molecule has 0 saturated heterocycles. The van der Waals surface area contributed by atoms with E-state index in [2.05, 4.69) is 10.1 Å². The van der Waals surface area contributed by atoms with E-state index >= 15 is 0 Å². The molecule has 0 bridgehead atoms. The Hall–Kier alpha value is -1.04. The van der Waals surface area contributed by atoms with Gasteiger partial charge >= 0.3 is 5.97 Å². The Morgan fingerprint density at radius 2 is 2.18 bits per heavy atom. The van der Waals surface area contributed by atoms with Crippen LogP contribution in [0.15, 0.2) is 4.52 Å². The maximum Gasteiger partial charge on any atom is 0.315 e. The largest absolute Gasteiger partial charge is 0.465 e. The number of nitrogens with zero attached hydrogens (tertiary/aromatic N) is 2. The van der Waals surface area contributed by atoms with Crippen LogP contribution in [0, 0.1) is 0 Å². The van der Waals surface area contributed by atoms with Crippen LogP contribution >= 0.6 is 11.8 Å². The molecule has 96 valence electrons. The van der Waals surface area contributed by atoms with Crippen molar-refractivity contribution in [1.82, 2.24) is 10.1 Å². The summed E-state index contributed by atoms with van der Waals surface area (Å²) in [4.78, 5) is 15.5. The fourth-order valence-corrected chi connectivity index (χ4v) is 1.82. The molecule has 0 aliphatic heterocycles. The van der Waals surface area contributed by atoms with Gasteiger partial charge in [-0.25, -0.2) is 0 Å². The molecule has 0 aliphatic carbocycles. The normalized spacial score (nSPS) is 12.8. The van der Waals surface area contributed by atoms with Crippen molar-refractivity contribution in [2.24, 2.45) is 0 Å². The van der Waals surface area contributed by atoms with Crippen molar-refractivity contribution in [1.29, 1.82) is 0 Å². The van der Waals surface area contributed by atoms with Gasteiger partial charge in [0.2, 0.25) is 5.89 Å². The van der Waals surface area contributed by atoms with Gasteiger partial charge in [0.05, 0.1) is 17.6 Å². The van der Waals surface area contributed by atoms with Crippen molar-refractivity contribution < 1.29 is 14.1 Å². The minimum atomic E-state index is -0.215. The third kappa shape index (κ3) is 4.38. The second-order valence-corrected chi connectivity index (χ2v) is 5.23. The zero-order valence-corrected chi connectivity index (χ0v) is 11.4. The van der Waals surface area contributed by atoms with E-state index in [1.165, 1.54) is 11.8 Å². The van der Waals surface area contributed by atoms with Gasteiger partial charge in [-0.05, 0) is 13.8 Å². The number of carbonyl (C=O) groups is 1. The zero-order chi connectivity index (χ0) is 12.8. The van der Waals surface area contributed by atoms with E-state index in [1.807, 2.05) is 20.8 Å². The monoisotopic (exact) mass is 258 g/mol. The number of carbonyl (C=O) groups excluding carboxylic acids is 1. The summed E-state index contributed by atoms with van der Waals surface area (Å²) in [5.74, 6) is 1.59. The molecule has 1 aromatic rings. The van der Waals surface area contributed by atoms with E-state index < -0.39 is 0 Å². The van der Waals surface area contributed by atoms with E-state index in [4.69, 9.17) is 9.26 Å². The molecule has 17 heavy (non-hydrogen) atoms. The fraction of sp³-hybridized carbons (Fsp3) is 0.727. The highest BCUT2D eigenvalue weighted by atomic mass is 32.2. The molecule has 0 aromatic carbocycles. The Bertz CT molecular complexity index is 365. The SMILES string of the molecule is CCOC(=O)CSC(C)c1nc(C(C)C)no1. The maximum absolute atomic E-state index is 11.2. The van der Waals surface area contributed by atoms with Crippen LogP contribution in [0.25, 0.3) is 0 Å². The summed E-state index contributed by atoms with van der Waals surface area (Å²) >= 11 is 1.43. The maximum atomic E-state index is 11.2. The number of aromatic nitrogens is 2. The molecule has 0 radical (unpaired) electrons. The van der Waals surface area contributed by atoms with Gasteiger partial charge in [-0.15, -0.1) is 11.8 Å². The molecule has 0 aliphatic rings. The number of hydrogen-bond acceptors (Lipinski definition) is 6. The summed E-state index contributed by atoms with van der Waals surface area (Å²) in [7, 11) is 0. The van der Waals surface area contributed by atoms with E-state index in [9.17, 15) is 4.79 Å². The molecule has 0 saturated carbocycles. The Morgan fingerprint density at radius 1 is 1.47 bits per heavy atom. The Balaban J connectivity index is 2.46. The van der Waals surface area contributed by atoms with Gasteiger partial charge in [-0.2, -0.15) is 4.98 Å². The smallest absolute Gasteiger partial charge is 0.315 e. The topological polar surface area (TPSA) is 65.2 Å². The van der Waals surface area contributed by atoms with Crippen molar-refractivity contribution in [2.45, 2.75) is 38.9 Å². The number of ether oxygens (including phenoxy) is 1. The predicted molar refractivity (Wildman–Crippen MR) is 65.9 cm³/mol. The molecular formula is C11H18N2O3S. The van der Waals surface area contributed by atoms with Crippen molar-refractivity contribution >= 4 is 17.7 Å². The third-order valence-electron chi connectivity index (χ3n) is 2.08. The molecule has 1 unspecified atom stereocenters. The van der Waals surface area contributed by atoms with Crippen molar-refractivity contribution in [3.05, 3.63) is 11.7 Å². The lowest BCUT2D eigenvalue weighted by molar-refractivity contribution is -0.139. The van der Waals surface area contributed by atoms with E-state index in [1.54, 1.807) is 6.92 Å². The Kier molecular flexibility index (Phi) is 5.47. The summed E-state index contributed by atoms with van der Waals surface area (Å²) in [6.07, 6.45) is 0. The fourth-order valence-electron chi connectivity index (χ4n) is 1.11. The molecule has 1 rings (SSSR count). The van der Waals surface area contributed by atoms with Gasteiger partial charge in [-0.3, -0.25) is 4.79 Å². The van der Waals surface area contributed by atoms with Crippen LogP contribution in [0.2, 0.25) is 0 Å². The number of rotatable bonds is 6. The Labute approximate surface area is 105 Å². The lowest BCUT2D eigenvalue weighted by atomic mass is 10.2. The van der Waals surface area contributed by atoms with Crippen LogP contribution in [0.1, 0.15) is 50.6 Å². The van der Waals surface area contributed by atoms with Crippen LogP contribution in [0.3, 0.4) is 0 Å². The molecule has 1 heterocycles. The second-order valence-electron chi connectivity index (χ2n) is 3.90. The Morgan fingerprint density at radius 3 is 2.71 bits per heavy atom. The summed E-state index contributed by atoms with van der Waals surface area (Å²) in [6.45, 7) is 8.14. The average molecular weight is 258 g/mol. The van der Waals surface area contributed by atoms with Crippen LogP contribution < -0.4 is 0 Å². The molecular weight excluding hydrogens is 240 g/mol. The summed E-state index contributed by atoms with van der Waals surface area (Å²) in [6, 6.07) is 0. The molecule has 0 spiro atoms. The molecule has 1 aromatic heterocycles. The zero-order valence-electron chi connectivity index (χ0n) is 10.6. The average Bonchev–Trinajstić information content (AvgIpc) is 2.75. The first kappa shape index (κ1) is 14.0. The van der Waals surface area contributed by atoms with Gasteiger partial charge in [0, 0.05) is 5.92 Å². The minimum absolute atomic E-state index is 0.000550. The molecule has 6 heteroatoms. The highest BCUT2D eigenvalue weighted by Crippen LogP contribution is 2.27. The van der Waals surface area contributed by atoms with Gasteiger partial charge in [0.25, 0.3) is 0 Å². The van der Waals surface area contributed by atoms with E-state index in [-0.39, 0.29) is 17.1 Å². The van der Waals surface area contributed by atoms with Crippen LogP contribution in [-0.2, 0) is 9.53 Å². The molecule has 0 amide bonds. The standard InChI is InChI=1S/C11H18N2O3S/c1-5-15-9(14)6-17-8(4)11-12-10(7(2)3)13-16-11/h7-8H,5-6H2,1-4H3. The van der Waals surface area contributed by atoms with Crippen LogP contribution in [0.4, 0.5) is 0 Å². The quantitative estimate of drug-likeness (QED) is 0.731. The van der Waals surface area contributed by atoms with Gasteiger partial charge in [0.1, 0.15) is 0 Å². The summed E-state index contributed by atoms with van der Waals surface area (Å²) < 4.78 is 9.99. The summed E-state index contributed by atoms with van der Waals surface area (Å²) in [5.41, 5.74) is 0. The van der Waals surface area contributed by atoms with Crippen LogP contribution in [-0.4, -0.2) is 28.5 Å². The number of thioether (sulfide) groups is 1. The van der Waals surface area contributed by atoms with E-state index in [0.29, 0.717) is 24.1 Å². The number of hydrogen-bond donors (Lipinski definition) is 0. The molecule has 0 N–H and O–H groups in total. The van der Waals surface area contributed by atoms with Gasteiger partial charge in [0.15, 0.2) is 5.82 Å². The first-order chi connectivity index (χ1) is 8.04. The number of esters is 1. The lowest BCUT2D eigenvalue weighted by Gasteiger charge is -2.05. The van der Waals surface area contributed by atoms with Gasteiger partial charge in [-0.1, -0.05) is 19.0 Å². The predicted octanol–water partition coefficient (Wildman–Crippen LogP) is 2.55. The summed E-state index contributed by atoms with van der Waals surface area (Å²) in [5, 5.41) is 3.88. The molecule has 0 fully saturated rings. The highest BCUT2D eigenvalue weighted by Gasteiger charge is 2.17. The lowest BCUT2D eigenvalue weighted by Crippen LogP contribution is -2.07. The first-order valence-corrected chi connectivity index (χ1v) is 6.70. The van der Waals surface area contributed by atoms with E-state index in [0.717, 1.165) is 0 Å². The van der Waals surface area contributed by atoms with Crippen LogP contribution in [0.5, 0.6) is 0 Å². The van der Waals surface area contributed by atoms with Crippen molar-refractivity contribution in [2.75, 3.05) is 12.4 Å².